The predicted molar refractivity (Wildman–Crippen MR) is 71.1 cm³/mol. The Labute approximate surface area is 112 Å². The van der Waals surface area contributed by atoms with Crippen LogP contribution in [0.25, 0.3) is 0 Å². The second-order valence-corrected chi connectivity index (χ2v) is 5.38. The second-order valence-electron chi connectivity index (χ2n) is 5.38. The first-order chi connectivity index (χ1) is 9.13. The minimum atomic E-state index is 0.135. The van der Waals surface area contributed by atoms with Crippen LogP contribution in [0.15, 0.2) is 6.07 Å². The lowest BCUT2D eigenvalue weighted by atomic mass is 9.91. The molecule has 2 saturated heterocycles. The predicted octanol–water partition coefficient (Wildman–Crippen LogP) is 0.0776. The zero-order valence-corrected chi connectivity index (χ0v) is 11.1. The lowest BCUT2D eigenvalue weighted by Crippen LogP contribution is -2.45. The van der Waals surface area contributed by atoms with Crippen molar-refractivity contribution in [2.24, 2.45) is 5.92 Å². The van der Waals surface area contributed by atoms with Gasteiger partial charge in [-0.2, -0.15) is 0 Å². The molecule has 1 aromatic rings. The van der Waals surface area contributed by atoms with Gasteiger partial charge in [0.05, 0.1) is 12.5 Å². The Hall–Kier alpha value is -1.69. The summed E-state index contributed by atoms with van der Waals surface area (Å²) in [4.78, 5) is 22.7. The van der Waals surface area contributed by atoms with Crippen molar-refractivity contribution >= 4 is 11.7 Å². The van der Waals surface area contributed by atoms with Crippen LogP contribution in [0.4, 0.5) is 5.82 Å². The van der Waals surface area contributed by atoms with Crippen molar-refractivity contribution in [2.75, 3.05) is 18.8 Å². The number of nitrogens with two attached hydrogens (primary N) is 1. The largest absolute Gasteiger partial charge is 0.384 e. The minimum Gasteiger partial charge on any atom is -0.384 e. The SMILES string of the molecule is Cc1cc(N)nc(CN2CCCC3C(=O)NCC32)n1. The molecule has 3 N–H and O–H groups in total. The number of carbonyl (C=O) groups excluding carboxylic acids is 1. The van der Waals surface area contributed by atoms with E-state index >= 15 is 0 Å². The van der Waals surface area contributed by atoms with Gasteiger partial charge in [0.25, 0.3) is 0 Å². The van der Waals surface area contributed by atoms with Crippen molar-refractivity contribution < 1.29 is 4.79 Å². The number of carbonyl (C=O) groups is 1. The first kappa shape index (κ1) is 12.3. The summed E-state index contributed by atoms with van der Waals surface area (Å²) in [6.45, 7) is 4.32. The molecule has 3 heterocycles. The number of aryl methyl sites for hydroxylation is 1. The Balaban J connectivity index is 1.77. The Morgan fingerprint density at radius 1 is 1.53 bits per heavy atom. The highest BCUT2D eigenvalue weighted by Crippen LogP contribution is 2.28. The van der Waals surface area contributed by atoms with E-state index in [9.17, 15) is 4.79 Å². The van der Waals surface area contributed by atoms with Crippen LogP contribution < -0.4 is 11.1 Å². The number of rotatable bonds is 2. The fourth-order valence-electron chi connectivity index (χ4n) is 3.15. The summed E-state index contributed by atoms with van der Waals surface area (Å²) in [5.74, 6) is 1.59. The molecule has 2 unspecified atom stereocenters. The number of nitrogens with one attached hydrogen (secondary N) is 1. The molecule has 3 rings (SSSR count). The van der Waals surface area contributed by atoms with Crippen LogP contribution in [0, 0.1) is 12.8 Å². The summed E-state index contributed by atoms with van der Waals surface area (Å²) in [5, 5.41) is 2.95. The van der Waals surface area contributed by atoms with Crippen LogP contribution in [0.1, 0.15) is 24.4 Å². The Morgan fingerprint density at radius 3 is 3.16 bits per heavy atom. The van der Waals surface area contributed by atoms with E-state index in [2.05, 4.69) is 20.2 Å². The molecule has 0 bridgehead atoms. The van der Waals surface area contributed by atoms with Crippen LogP contribution in [-0.4, -0.2) is 39.9 Å². The van der Waals surface area contributed by atoms with Gasteiger partial charge in [-0.1, -0.05) is 0 Å². The molecule has 2 aliphatic rings. The average molecular weight is 261 g/mol. The summed E-state index contributed by atoms with van der Waals surface area (Å²) >= 11 is 0. The summed E-state index contributed by atoms with van der Waals surface area (Å²) in [7, 11) is 0. The van der Waals surface area contributed by atoms with E-state index in [1.165, 1.54) is 0 Å². The lowest BCUT2D eigenvalue weighted by Gasteiger charge is -2.35. The Morgan fingerprint density at radius 2 is 2.37 bits per heavy atom. The number of aromatic nitrogens is 2. The molecule has 0 spiro atoms. The van der Waals surface area contributed by atoms with Gasteiger partial charge in [0.2, 0.25) is 5.91 Å². The Bertz CT molecular complexity index is 484. The van der Waals surface area contributed by atoms with E-state index < -0.39 is 0 Å². The molecule has 19 heavy (non-hydrogen) atoms. The number of hydrogen-bond acceptors (Lipinski definition) is 5. The summed E-state index contributed by atoms with van der Waals surface area (Å²) in [6, 6.07) is 2.05. The number of amides is 1. The standard InChI is InChI=1S/C13H19N5O/c1-8-5-11(14)17-12(16-8)7-18-4-2-3-9-10(18)6-15-13(9)19/h5,9-10H,2-4,6-7H2,1H3,(H,15,19)(H2,14,16,17). The molecule has 0 aromatic carbocycles. The molecule has 1 amide bonds. The number of nitrogens with zero attached hydrogens (tertiary/aromatic N) is 3. The molecule has 102 valence electrons. The molecule has 0 saturated carbocycles. The number of nitrogen functional groups attached to an aromatic ring is 1. The topological polar surface area (TPSA) is 84.1 Å². The number of piperidine rings is 1. The van der Waals surface area contributed by atoms with Crippen LogP contribution in [0.3, 0.4) is 0 Å². The molecule has 0 radical (unpaired) electrons. The van der Waals surface area contributed by atoms with Gasteiger partial charge in [0, 0.05) is 24.3 Å². The van der Waals surface area contributed by atoms with Crippen LogP contribution in [0.5, 0.6) is 0 Å². The molecule has 1 aromatic heterocycles. The molecule has 6 heteroatoms. The van der Waals surface area contributed by atoms with E-state index in [1.807, 2.05) is 6.92 Å². The van der Waals surface area contributed by atoms with Gasteiger partial charge in [0.1, 0.15) is 11.6 Å². The van der Waals surface area contributed by atoms with Gasteiger partial charge >= 0.3 is 0 Å². The molecular formula is C13H19N5O. The van der Waals surface area contributed by atoms with Crippen molar-refractivity contribution in [2.45, 2.75) is 32.4 Å². The zero-order valence-electron chi connectivity index (χ0n) is 11.1. The Kier molecular flexibility index (Phi) is 3.10. The molecule has 0 aliphatic carbocycles. The third kappa shape index (κ3) is 2.40. The first-order valence-electron chi connectivity index (χ1n) is 6.75. The third-order valence-corrected chi connectivity index (χ3v) is 3.98. The first-order valence-corrected chi connectivity index (χ1v) is 6.75. The van der Waals surface area contributed by atoms with E-state index in [0.29, 0.717) is 12.4 Å². The van der Waals surface area contributed by atoms with Gasteiger partial charge in [0.15, 0.2) is 0 Å². The zero-order chi connectivity index (χ0) is 13.4. The fraction of sp³-hybridized carbons (Fsp3) is 0.615. The van der Waals surface area contributed by atoms with Crippen LogP contribution >= 0.6 is 0 Å². The highest BCUT2D eigenvalue weighted by molar-refractivity contribution is 5.82. The van der Waals surface area contributed by atoms with Gasteiger partial charge in [-0.15, -0.1) is 0 Å². The van der Waals surface area contributed by atoms with E-state index in [0.717, 1.165) is 37.4 Å². The second kappa shape index (κ2) is 4.77. The summed E-state index contributed by atoms with van der Waals surface area (Å²) < 4.78 is 0. The highest BCUT2D eigenvalue weighted by Gasteiger charge is 2.40. The monoisotopic (exact) mass is 261 g/mol. The fourth-order valence-corrected chi connectivity index (χ4v) is 3.15. The van der Waals surface area contributed by atoms with Crippen molar-refractivity contribution in [3.63, 3.8) is 0 Å². The molecular weight excluding hydrogens is 242 g/mol. The van der Waals surface area contributed by atoms with Crippen LogP contribution in [0.2, 0.25) is 0 Å². The quantitative estimate of drug-likeness (QED) is 0.787. The lowest BCUT2D eigenvalue weighted by molar-refractivity contribution is -0.124. The van der Waals surface area contributed by atoms with Crippen molar-refractivity contribution in [3.05, 3.63) is 17.6 Å². The highest BCUT2D eigenvalue weighted by atomic mass is 16.2. The van der Waals surface area contributed by atoms with Gasteiger partial charge in [-0.3, -0.25) is 9.69 Å². The van der Waals surface area contributed by atoms with Gasteiger partial charge in [-0.25, -0.2) is 9.97 Å². The van der Waals surface area contributed by atoms with Crippen molar-refractivity contribution in [1.29, 1.82) is 0 Å². The number of anilines is 1. The molecule has 6 nitrogen and oxygen atoms in total. The maximum Gasteiger partial charge on any atom is 0.224 e. The maximum atomic E-state index is 11.7. The third-order valence-electron chi connectivity index (χ3n) is 3.98. The average Bonchev–Trinajstić information content (AvgIpc) is 2.71. The van der Waals surface area contributed by atoms with E-state index in [1.54, 1.807) is 6.07 Å². The van der Waals surface area contributed by atoms with E-state index in [-0.39, 0.29) is 17.9 Å². The van der Waals surface area contributed by atoms with Gasteiger partial charge < -0.3 is 11.1 Å². The minimum absolute atomic E-state index is 0.135. The molecule has 2 atom stereocenters. The number of hydrogen-bond donors (Lipinski definition) is 2. The van der Waals surface area contributed by atoms with Crippen LogP contribution in [-0.2, 0) is 11.3 Å². The molecule has 2 fully saturated rings. The van der Waals surface area contributed by atoms with E-state index in [4.69, 9.17) is 5.73 Å². The normalized spacial score (nSPS) is 27.1. The molecule has 2 aliphatic heterocycles. The van der Waals surface area contributed by atoms with Gasteiger partial charge in [-0.05, 0) is 26.3 Å². The summed E-state index contributed by atoms with van der Waals surface area (Å²) in [5.41, 5.74) is 6.64. The maximum absolute atomic E-state index is 11.7. The van der Waals surface area contributed by atoms with Crippen molar-refractivity contribution in [3.8, 4) is 0 Å². The smallest absolute Gasteiger partial charge is 0.224 e. The summed E-state index contributed by atoms with van der Waals surface area (Å²) in [6.07, 6.45) is 2.04. The van der Waals surface area contributed by atoms with Crippen molar-refractivity contribution in [1.82, 2.24) is 20.2 Å². The number of fused-ring (bicyclic) bond motifs is 1. The number of likely N-dealkylation sites (tertiary alicyclic amines) is 1.